The van der Waals surface area contributed by atoms with Crippen LogP contribution in [0.25, 0.3) is 0 Å². The molecule has 4 heteroatoms. The van der Waals surface area contributed by atoms with Crippen LogP contribution in [0.5, 0.6) is 5.75 Å². The van der Waals surface area contributed by atoms with Crippen molar-refractivity contribution in [2.45, 2.75) is 20.5 Å². The van der Waals surface area contributed by atoms with Crippen LogP contribution in [-0.4, -0.2) is 11.6 Å². The quantitative estimate of drug-likeness (QED) is 0.681. The molecule has 1 rings (SSSR count). The molecule has 0 saturated heterocycles. The number of alkyl halides is 2. The monoisotopic (exact) mass is 172 g/mol. The van der Waals surface area contributed by atoms with Gasteiger partial charge in [-0.25, -0.2) is 4.98 Å². The third kappa shape index (κ3) is 1.90. The fourth-order valence-electron chi connectivity index (χ4n) is 0.895. The molecule has 1 heterocycles. The zero-order valence-corrected chi connectivity index (χ0v) is 6.77. The van der Waals surface area contributed by atoms with Gasteiger partial charge in [0.25, 0.3) is 0 Å². The Morgan fingerprint density at radius 3 is 2.67 bits per heavy atom. The minimum Gasteiger partial charge on any atom is -0.433 e. The van der Waals surface area contributed by atoms with Crippen molar-refractivity contribution in [3.05, 3.63) is 23.5 Å². The third-order valence-electron chi connectivity index (χ3n) is 1.41. The van der Waals surface area contributed by atoms with Gasteiger partial charge in [0, 0.05) is 0 Å². The lowest BCUT2D eigenvalue weighted by Gasteiger charge is -2.08. The highest BCUT2D eigenvalue weighted by Gasteiger charge is 2.09. The second-order valence-electron chi connectivity index (χ2n) is 2.36. The smallest absolute Gasteiger partial charge is 0.387 e. The maximum Gasteiger partial charge on any atom is 0.387 e. The van der Waals surface area contributed by atoms with Gasteiger partial charge in [-0.1, -0.05) is 0 Å². The lowest BCUT2D eigenvalue weighted by Crippen LogP contribution is -2.05. The maximum absolute atomic E-state index is 11.8. The Labute approximate surface area is 69.2 Å². The number of aryl methyl sites for hydroxylation is 2. The summed E-state index contributed by atoms with van der Waals surface area (Å²) in [6.07, 6.45) is 2.57. The minimum atomic E-state index is -2.80. The zero-order valence-electron chi connectivity index (χ0n) is 6.77. The van der Waals surface area contributed by atoms with E-state index in [9.17, 15) is 8.78 Å². The summed E-state index contributed by atoms with van der Waals surface area (Å²) in [5, 5.41) is 0. The van der Waals surface area contributed by atoms with Crippen molar-refractivity contribution >= 4 is 0 Å². The summed E-state index contributed by atoms with van der Waals surface area (Å²) in [4.78, 5) is 3.71. The summed E-state index contributed by atoms with van der Waals surface area (Å²) >= 11 is 0. The third-order valence-corrected chi connectivity index (χ3v) is 1.41. The van der Waals surface area contributed by atoms with Crippen LogP contribution in [0.2, 0.25) is 0 Å². The highest BCUT2D eigenvalue weighted by atomic mass is 19.3. The molecule has 0 aliphatic rings. The molecule has 0 atom stereocenters. The second-order valence-corrected chi connectivity index (χ2v) is 2.36. The largest absolute Gasteiger partial charge is 0.433 e. The molecular formula is C8H8F2NO. The van der Waals surface area contributed by atoms with Gasteiger partial charge < -0.3 is 4.74 Å². The van der Waals surface area contributed by atoms with E-state index in [-0.39, 0.29) is 5.75 Å². The molecule has 0 amide bonds. The van der Waals surface area contributed by atoms with Crippen LogP contribution in [0.3, 0.4) is 0 Å². The first kappa shape index (κ1) is 8.90. The topological polar surface area (TPSA) is 22.1 Å². The Balaban J connectivity index is 2.96. The fourth-order valence-corrected chi connectivity index (χ4v) is 0.895. The first-order chi connectivity index (χ1) is 5.61. The standard InChI is InChI=1S/C8H8F2NO/c1-5-3-4-11-6(2)7(5)12-8(9)10/h3,8H,1-2H3. The molecule has 0 bridgehead atoms. The van der Waals surface area contributed by atoms with Crippen LogP contribution in [0.15, 0.2) is 6.07 Å². The minimum absolute atomic E-state index is 0.142. The molecule has 0 unspecified atom stereocenters. The molecule has 1 aromatic heterocycles. The molecule has 0 N–H and O–H groups in total. The van der Waals surface area contributed by atoms with Crippen molar-refractivity contribution in [2.24, 2.45) is 0 Å². The van der Waals surface area contributed by atoms with Crippen molar-refractivity contribution in [1.82, 2.24) is 4.98 Å². The van der Waals surface area contributed by atoms with Gasteiger partial charge in [-0.2, -0.15) is 8.78 Å². The number of hydrogen-bond donors (Lipinski definition) is 0. The molecule has 0 saturated carbocycles. The van der Waals surface area contributed by atoms with Crippen molar-refractivity contribution < 1.29 is 13.5 Å². The van der Waals surface area contributed by atoms with Gasteiger partial charge in [0.05, 0.1) is 11.9 Å². The van der Waals surface area contributed by atoms with Crippen LogP contribution in [-0.2, 0) is 0 Å². The number of pyridine rings is 1. The van der Waals surface area contributed by atoms with Crippen LogP contribution < -0.4 is 4.74 Å². The van der Waals surface area contributed by atoms with E-state index in [2.05, 4.69) is 15.9 Å². The molecule has 1 radical (unpaired) electrons. The molecule has 0 aliphatic carbocycles. The predicted molar refractivity (Wildman–Crippen MR) is 39.2 cm³/mol. The second kappa shape index (κ2) is 3.47. The molecule has 0 aromatic carbocycles. The van der Waals surface area contributed by atoms with Crippen molar-refractivity contribution in [3.63, 3.8) is 0 Å². The molecule has 0 fully saturated rings. The number of hydrogen-bond acceptors (Lipinski definition) is 2. The highest BCUT2D eigenvalue weighted by Crippen LogP contribution is 2.21. The van der Waals surface area contributed by atoms with Gasteiger partial charge >= 0.3 is 6.61 Å². The number of nitrogens with zero attached hydrogens (tertiary/aromatic N) is 1. The molecule has 2 nitrogen and oxygen atoms in total. The average Bonchev–Trinajstić information content (AvgIpc) is 1.97. The Morgan fingerprint density at radius 2 is 2.17 bits per heavy atom. The van der Waals surface area contributed by atoms with E-state index < -0.39 is 6.61 Å². The molecule has 1 aromatic rings. The van der Waals surface area contributed by atoms with Crippen molar-refractivity contribution in [3.8, 4) is 5.75 Å². The van der Waals surface area contributed by atoms with Crippen LogP contribution in [0.1, 0.15) is 11.3 Å². The van der Waals surface area contributed by atoms with E-state index >= 15 is 0 Å². The Kier molecular flexibility index (Phi) is 2.58. The normalized spacial score (nSPS) is 10.4. The van der Waals surface area contributed by atoms with Crippen molar-refractivity contribution in [1.29, 1.82) is 0 Å². The summed E-state index contributed by atoms with van der Waals surface area (Å²) in [7, 11) is 0. The van der Waals surface area contributed by atoms with E-state index in [4.69, 9.17) is 0 Å². The van der Waals surface area contributed by atoms with E-state index in [1.54, 1.807) is 13.8 Å². The average molecular weight is 172 g/mol. The molecule has 0 aliphatic heterocycles. The highest BCUT2D eigenvalue weighted by molar-refractivity contribution is 5.34. The lowest BCUT2D eigenvalue weighted by molar-refractivity contribution is -0.0510. The van der Waals surface area contributed by atoms with E-state index in [1.165, 1.54) is 6.07 Å². The first-order valence-corrected chi connectivity index (χ1v) is 3.40. The van der Waals surface area contributed by atoms with Crippen molar-refractivity contribution in [2.75, 3.05) is 0 Å². The van der Waals surface area contributed by atoms with Crippen LogP contribution in [0, 0.1) is 20.0 Å². The molecule has 0 spiro atoms. The van der Waals surface area contributed by atoms with Gasteiger partial charge in [-0.15, -0.1) is 0 Å². The Bertz CT molecular complexity index is 256. The van der Waals surface area contributed by atoms with Crippen LogP contribution >= 0.6 is 0 Å². The maximum atomic E-state index is 11.8. The Hall–Kier alpha value is -1.19. The van der Waals surface area contributed by atoms with Gasteiger partial charge in [-0.3, -0.25) is 0 Å². The summed E-state index contributed by atoms with van der Waals surface area (Å²) in [5.74, 6) is 0.142. The number of rotatable bonds is 2. The number of ether oxygens (including phenoxy) is 1. The van der Waals surface area contributed by atoms with E-state index in [0.717, 1.165) is 0 Å². The van der Waals surface area contributed by atoms with Gasteiger partial charge in [-0.05, 0) is 25.5 Å². The summed E-state index contributed by atoms with van der Waals surface area (Å²) in [6.45, 7) is 0.469. The van der Waals surface area contributed by atoms with E-state index in [0.29, 0.717) is 11.3 Å². The molecule has 65 valence electrons. The Morgan fingerprint density at radius 1 is 1.50 bits per heavy atom. The summed E-state index contributed by atoms with van der Waals surface area (Å²) < 4.78 is 27.9. The molecule has 12 heavy (non-hydrogen) atoms. The van der Waals surface area contributed by atoms with Gasteiger partial charge in [0.1, 0.15) is 5.75 Å². The summed E-state index contributed by atoms with van der Waals surface area (Å²) in [6, 6.07) is 1.50. The number of halogens is 2. The lowest BCUT2D eigenvalue weighted by atomic mass is 10.2. The SMILES string of the molecule is Cc1c[c]nc(C)c1OC(F)F. The zero-order chi connectivity index (χ0) is 9.14. The van der Waals surface area contributed by atoms with Crippen LogP contribution in [0.4, 0.5) is 8.78 Å². The molecular weight excluding hydrogens is 164 g/mol. The van der Waals surface area contributed by atoms with Gasteiger partial charge in [0.15, 0.2) is 0 Å². The fraction of sp³-hybridized carbons (Fsp3) is 0.375. The van der Waals surface area contributed by atoms with E-state index in [1.807, 2.05) is 0 Å². The van der Waals surface area contributed by atoms with Gasteiger partial charge in [0.2, 0.25) is 0 Å². The first-order valence-electron chi connectivity index (χ1n) is 3.40. The summed E-state index contributed by atoms with van der Waals surface area (Å²) in [5.41, 5.74) is 1.04. The predicted octanol–water partition coefficient (Wildman–Crippen LogP) is 2.10. The number of aromatic nitrogens is 1.